The minimum absolute atomic E-state index is 0.329. The van der Waals surface area contributed by atoms with Crippen LogP contribution in [0.1, 0.15) is 11.1 Å². The molecule has 1 aromatic heterocycles. The van der Waals surface area contributed by atoms with Gasteiger partial charge in [-0.15, -0.1) is 0 Å². The van der Waals surface area contributed by atoms with Crippen molar-refractivity contribution in [2.45, 2.75) is 6.54 Å². The van der Waals surface area contributed by atoms with Crippen molar-refractivity contribution in [2.75, 3.05) is 11.9 Å². The van der Waals surface area contributed by atoms with Gasteiger partial charge in [-0.25, -0.2) is 4.98 Å². The molecule has 0 aliphatic heterocycles. The molecule has 0 aliphatic rings. The van der Waals surface area contributed by atoms with Crippen LogP contribution in [0.3, 0.4) is 0 Å². The lowest BCUT2D eigenvalue weighted by Gasteiger charge is -2.18. The second kappa shape index (κ2) is 6.05. The van der Waals surface area contributed by atoms with E-state index in [1.54, 1.807) is 12.1 Å². The van der Waals surface area contributed by atoms with Gasteiger partial charge in [0.1, 0.15) is 11.0 Å². The number of nitriles is 1. The number of pyridine rings is 1. The van der Waals surface area contributed by atoms with Gasteiger partial charge in [0.05, 0.1) is 11.6 Å². The Balaban J connectivity index is 2.23. The van der Waals surface area contributed by atoms with E-state index >= 15 is 0 Å². The zero-order valence-electron chi connectivity index (χ0n) is 10.3. The zero-order chi connectivity index (χ0) is 13.8. The van der Waals surface area contributed by atoms with Crippen LogP contribution in [-0.2, 0) is 6.54 Å². The molecule has 3 nitrogen and oxygen atoms in total. The van der Waals surface area contributed by atoms with Gasteiger partial charge in [0.25, 0.3) is 0 Å². The summed E-state index contributed by atoms with van der Waals surface area (Å²) in [6.07, 6.45) is 0. The number of hydrogen-bond acceptors (Lipinski definition) is 3. The summed E-state index contributed by atoms with van der Waals surface area (Å²) in [5, 5.41) is 9.26. The van der Waals surface area contributed by atoms with Crippen LogP contribution in [0.5, 0.6) is 0 Å². The molecule has 0 amide bonds. The van der Waals surface area contributed by atoms with Crippen molar-refractivity contribution >= 4 is 33.3 Å². The molecule has 1 heterocycles. The Kier molecular flexibility index (Phi) is 4.41. The Hall–Kier alpha value is -1.57. The van der Waals surface area contributed by atoms with Gasteiger partial charge in [0.2, 0.25) is 0 Å². The first-order valence-corrected chi connectivity index (χ1v) is 6.79. The average Bonchev–Trinajstić information content (AvgIpc) is 2.38. The van der Waals surface area contributed by atoms with Gasteiger partial charge in [-0.2, -0.15) is 5.26 Å². The van der Waals surface area contributed by atoms with E-state index in [4.69, 9.17) is 16.9 Å². The minimum atomic E-state index is 0.329. The third kappa shape index (κ3) is 3.69. The molecule has 0 bridgehead atoms. The van der Waals surface area contributed by atoms with Crippen molar-refractivity contribution in [2.24, 2.45) is 0 Å². The van der Waals surface area contributed by atoms with Crippen LogP contribution in [0, 0.1) is 11.3 Å². The number of benzene rings is 1. The van der Waals surface area contributed by atoms with E-state index in [0.29, 0.717) is 23.1 Å². The summed E-state index contributed by atoms with van der Waals surface area (Å²) in [5.41, 5.74) is 1.66. The lowest BCUT2D eigenvalue weighted by atomic mass is 10.2. The third-order valence-electron chi connectivity index (χ3n) is 2.61. The van der Waals surface area contributed by atoms with Crippen LogP contribution < -0.4 is 4.90 Å². The second-order valence-electron chi connectivity index (χ2n) is 4.13. The first-order chi connectivity index (χ1) is 9.08. The molecular formula is C14H11BrClN3. The summed E-state index contributed by atoms with van der Waals surface area (Å²) >= 11 is 9.35. The highest BCUT2D eigenvalue weighted by Crippen LogP contribution is 2.19. The SMILES string of the molecule is CN(Cc1cccc(Br)c1)c1cc(C#N)cc(Cl)n1. The van der Waals surface area contributed by atoms with Gasteiger partial charge in [-0.05, 0) is 29.8 Å². The van der Waals surface area contributed by atoms with Gasteiger partial charge < -0.3 is 4.90 Å². The molecule has 0 saturated carbocycles. The number of rotatable bonds is 3. The normalized spacial score (nSPS) is 10.0. The van der Waals surface area contributed by atoms with Crippen LogP contribution in [0.15, 0.2) is 40.9 Å². The van der Waals surface area contributed by atoms with E-state index in [9.17, 15) is 0 Å². The van der Waals surface area contributed by atoms with Crippen molar-refractivity contribution in [1.29, 1.82) is 5.26 Å². The Morgan fingerprint density at radius 2 is 2.16 bits per heavy atom. The highest BCUT2D eigenvalue weighted by atomic mass is 79.9. The molecule has 96 valence electrons. The molecule has 0 radical (unpaired) electrons. The summed E-state index contributed by atoms with van der Waals surface area (Å²) in [6, 6.07) is 13.4. The highest BCUT2D eigenvalue weighted by molar-refractivity contribution is 9.10. The number of aromatic nitrogens is 1. The largest absolute Gasteiger partial charge is 0.355 e. The Morgan fingerprint density at radius 1 is 1.37 bits per heavy atom. The highest BCUT2D eigenvalue weighted by Gasteiger charge is 2.07. The zero-order valence-corrected chi connectivity index (χ0v) is 12.6. The summed E-state index contributed by atoms with van der Waals surface area (Å²) in [4.78, 5) is 6.18. The van der Waals surface area contributed by atoms with Gasteiger partial charge >= 0.3 is 0 Å². The van der Waals surface area contributed by atoms with Crippen LogP contribution in [0.4, 0.5) is 5.82 Å². The molecule has 0 fully saturated rings. The van der Waals surface area contributed by atoms with E-state index in [-0.39, 0.29) is 0 Å². The van der Waals surface area contributed by atoms with Gasteiger partial charge in [-0.1, -0.05) is 39.7 Å². The van der Waals surface area contributed by atoms with Gasteiger partial charge in [-0.3, -0.25) is 0 Å². The maximum absolute atomic E-state index is 8.93. The van der Waals surface area contributed by atoms with Crippen LogP contribution >= 0.6 is 27.5 Å². The van der Waals surface area contributed by atoms with E-state index in [2.05, 4.69) is 27.0 Å². The van der Waals surface area contributed by atoms with E-state index in [1.165, 1.54) is 0 Å². The number of nitrogens with zero attached hydrogens (tertiary/aromatic N) is 3. The van der Waals surface area contributed by atoms with Crippen molar-refractivity contribution < 1.29 is 0 Å². The van der Waals surface area contributed by atoms with Gasteiger partial charge in [0.15, 0.2) is 0 Å². The van der Waals surface area contributed by atoms with Crippen molar-refractivity contribution in [3.63, 3.8) is 0 Å². The predicted molar refractivity (Wildman–Crippen MR) is 80.2 cm³/mol. The number of halogens is 2. The summed E-state index contributed by atoms with van der Waals surface area (Å²) in [6.45, 7) is 0.692. The second-order valence-corrected chi connectivity index (χ2v) is 5.44. The maximum Gasteiger partial charge on any atom is 0.132 e. The van der Waals surface area contributed by atoms with E-state index in [0.717, 1.165) is 10.0 Å². The molecule has 0 unspecified atom stereocenters. The Bertz CT molecular complexity index is 637. The molecule has 0 spiro atoms. The lowest BCUT2D eigenvalue weighted by molar-refractivity contribution is 0.897. The number of hydrogen-bond donors (Lipinski definition) is 0. The first-order valence-electron chi connectivity index (χ1n) is 5.62. The fourth-order valence-corrected chi connectivity index (χ4v) is 2.38. The summed E-state index contributed by atoms with van der Waals surface area (Å²) in [5.74, 6) is 0.684. The fourth-order valence-electron chi connectivity index (χ4n) is 1.73. The lowest BCUT2D eigenvalue weighted by Crippen LogP contribution is -2.17. The minimum Gasteiger partial charge on any atom is -0.355 e. The molecule has 2 aromatic rings. The maximum atomic E-state index is 8.93. The van der Waals surface area contributed by atoms with E-state index in [1.807, 2.05) is 36.2 Å². The molecular weight excluding hydrogens is 326 g/mol. The fraction of sp³-hybridized carbons (Fsp3) is 0.143. The van der Waals surface area contributed by atoms with E-state index < -0.39 is 0 Å². The van der Waals surface area contributed by atoms with Crippen molar-refractivity contribution in [3.8, 4) is 6.07 Å². The van der Waals surface area contributed by atoms with Crippen molar-refractivity contribution in [1.82, 2.24) is 4.98 Å². The third-order valence-corrected chi connectivity index (χ3v) is 3.30. The number of anilines is 1. The van der Waals surface area contributed by atoms with Crippen LogP contribution in [0.25, 0.3) is 0 Å². The quantitative estimate of drug-likeness (QED) is 0.795. The monoisotopic (exact) mass is 335 g/mol. The van der Waals surface area contributed by atoms with Crippen molar-refractivity contribution in [3.05, 3.63) is 57.2 Å². The summed E-state index contributed by atoms with van der Waals surface area (Å²) < 4.78 is 1.04. The Morgan fingerprint density at radius 3 is 2.84 bits per heavy atom. The Labute approximate surface area is 125 Å². The predicted octanol–water partition coefficient (Wildman–Crippen LogP) is 4.01. The molecule has 0 aliphatic carbocycles. The molecule has 19 heavy (non-hydrogen) atoms. The van der Waals surface area contributed by atoms with Crippen LogP contribution in [-0.4, -0.2) is 12.0 Å². The average molecular weight is 337 g/mol. The molecule has 0 saturated heterocycles. The molecule has 2 rings (SSSR count). The van der Waals surface area contributed by atoms with Gasteiger partial charge in [0, 0.05) is 18.1 Å². The molecule has 1 aromatic carbocycles. The smallest absolute Gasteiger partial charge is 0.132 e. The first kappa shape index (κ1) is 13.9. The standard InChI is InChI=1S/C14H11BrClN3/c1-19(9-10-3-2-4-12(15)5-10)14-7-11(8-17)6-13(16)18-14/h2-7H,9H2,1H3. The molecule has 0 atom stereocenters. The molecule has 5 heteroatoms. The topological polar surface area (TPSA) is 39.9 Å². The van der Waals surface area contributed by atoms with Crippen LogP contribution in [0.2, 0.25) is 5.15 Å². The molecule has 0 N–H and O–H groups in total. The summed E-state index contributed by atoms with van der Waals surface area (Å²) in [7, 11) is 1.92.